The number of hydrogen-bond acceptors (Lipinski definition) is 6. The molecule has 0 aromatic carbocycles. The van der Waals surface area contributed by atoms with Gasteiger partial charge in [-0.1, -0.05) is 72.1 Å². The number of halogens is 3. The maximum atomic E-state index is 15.7. The molecule has 8 rings (SSSR count). The Balaban J connectivity index is 1.07. The van der Waals surface area contributed by atoms with Crippen molar-refractivity contribution >= 4 is 58.6 Å². The molecule has 0 saturated heterocycles. The zero-order valence-corrected chi connectivity index (χ0v) is 38.1. The quantitative estimate of drug-likeness (QED) is 0.242. The Morgan fingerprint density at radius 3 is 1.36 bits per heavy atom. The fourth-order valence-corrected chi connectivity index (χ4v) is 21.0. The summed E-state index contributed by atoms with van der Waals surface area (Å²) in [4.78, 5) is 31.5. The second-order valence-corrected chi connectivity index (χ2v) is 27.3. The SMILES string of the molecule is CC(C)(C)C1CCC(SC2CCC(SC3CCC4CCCCC4C3)C3C(=O)C4C(SC5CCCC(C(F)(F)F)C5)CCC(SC5CCCCC5)C4C(=O)C23)CC1. The van der Waals surface area contributed by atoms with Crippen LogP contribution in [-0.4, -0.2) is 59.7 Å². The van der Waals surface area contributed by atoms with Gasteiger partial charge in [-0.15, -0.1) is 0 Å². The molecule has 8 aliphatic rings. The van der Waals surface area contributed by atoms with Gasteiger partial charge >= 0.3 is 6.18 Å². The lowest BCUT2D eigenvalue weighted by Gasteiger charge is -2.54. The highest BCUT2D eigenvalue weighted by Gasteiger charge is 2.61. The Morgan fingerprint density at radius 1 is 0.411 bits per heavy atom. The van der Waals surface area contributed by atoms with Crippen LogP contribution >= 0.6 is 47.0 Å². The molecule has 9 heteroatoms. The molecular weight excluding hydrogens is 782 g/mol. The summed E-state index contributed by atoms with van der Waals surface area (Å²) in [5, 5.41) is 2.23. The molecule has 13 unspecified atom stereocenters. The van der Waals surface area contributed by atoms with E-state index >= 15 is 9.59 Å². The second kappa shape index (κ2) is 18.5. The van der Waals surface area contributed by atoms with Crippen LogP contribution in [0, 0.1) is 52.8 Å². The van der Waals surface area contributed by atoms with E-state index in [1.54, 1.807) is 11.8 Å². The van der Waals surface area contributed by atoms with E-state index in [2.05, 4.69) is 56.1 Å². The molecule has 0 bridgehead atoms. The van der Waals surface area contributed by atoms with E-state index in [1.807, 2.05) is 0 Å². The minimum Gasteiger partial charge on any atom is -0.299 e. The fraction of sp³-hybridized carbons (Fsp3) is 0.957. The van der Waals surface area contributed by atoms with Crippen LogP contribution in [0.5, 0.6) is 0 Å². The van der Waals surface area contributed by atoms with E-state index in [0.29, 0.717) is 39.2 Å². The smallest absolute Gasteiger partial charge is 0.299 e. The minimum absolute atomic E-state index is 0.0263. The van der Waals surface area contributed by atoms with Crippen molar-refractivity contribution in [2.24, 2.45) is 52.8 Å². The first-order valence-electron chi connectivity index (χ1n) is 23.6. The third-order valence-corrected chi connectivity index (χ3v) is 23.5. The molecule has 0 spiro atoms. The fourth-order valence-electron chi connectivity index (χ4n) is 13.6. The van der Waals surface area contributed by atoms with Gasteiger partial charge in [-0.2, -0.15) is 60.2 Å². The molecule has 13 atom stereocenters. The second-order valence-electron chi connectivity index (χ2n) is 21.1. The Morgan fingerprint density at radius 2 is 0.839 bits per heavy atom. The highest BCUT2D eigenvalue weighted by Crippen LogP contribution is 2.59. The van der Waals surface area contributed by atoms with E-state index in [0.717, 1.165) is 49.9 Å². The number of fused-ring (bicyclic) bond motifs is 3. The molecule has 8 saturated carbocycles. The third kappa shape index (κ3) is 9.76. The highest BCUT2D eigenvalue weighted by molar-refractivity contribution is 8.01. The van der Waals surface area contributed by atoms with Crippen LogP contribution in [0.25, 0.3) is 0 Å². The standard InChI is InChI=1S/C47H73F3O2S4/c1-46(2,3)30-17-20-33(21-18-30)54-37-23-25-39(56-35-19-16-28-10-7-8-11-29(28)26-35)43-41(37)44(51)40-36(53-32-13-5-4-6-14-32)22-24-38(42(40)45(43)52)55-34-15-9-12-31(27-34)47(48,49)50/h28-43H,4-27H2,1-3H3. The molecule has 8 aliphatic carbocycles. The summed E-state index contributed by atoms with van der Waals surface area (Å²) in [6.45, 7) is 7.16. The highest BCUT2D eigenvalue weighted by atomic mass is 32.2. The zero-order chi connectivity index (χ0) is 39.2. The van der Waals surface area contributed by atoms with Crippen molar-refractivity contribution in [3.05, 3.63) is 0 Å². The molecule has 0 aromatic heterocycles. The van der Waals surface area contributed by atoms with Gasteiger partial charge in [0.15, 0.2) is 0 Å². The van der Waals surface area contributed by atoms with Crippen molar-refractivity contribution in [1.29, 1.82) is 0 Å². The van der Waals surface area contributed by atoms with Gasteiger partial charge in [0.1, 0.15) is 11.6 Å². The van der Waals surface area contributed by atoms with Gasteiger partial charge in [0, 0.05) is 65.7 Å². The van der Waals surface area contributed by atoms with E-state index in [1.165, 1.54) is 103 Å². The summed E-state index contributed by atoms with van der Waals surface area (Å²) in [6.07, 6.45) is 22.1. The number of rotatable bonds is 8. The van der Waals surface area contributed by atoms with Crippen molar-refractivity contribution in [3.8, 4) is 0 Å². The van der Waals surface area contributed by atoms with Gasteiger partial charge < -0.3 is 0 Å². The van der Waals surface area contributed by atoms with Crippen LogP contribution in [0.15, 0.2) is 0 Å². The van der Waals surface area contributed by atoms with Crippen molar-refractivity contribution < 1.29 is 22.8 Å². The molecule has 0 heterocycles. The maximum absolute atomic E-state index is 15.7. The van der Waals surface area contributed by atoms with Gasteiger partial charge in [0.05, 0.1) is 5.92 Å². The summed E-state index contributed by atoms with van der Waals surface area (Å²) in [7, 11) is 0. The van der Waals surface area contributed by atoms with Crippen LogP contribution in [0.2, 0.25) is 0 Å². The van der Waals surface area contributed by atoms with Crippen molar-refractivity contribution in [2.45, 2.75) is 223 Å². The number of Topliss-reactive ketones (excluding diaryl/α,β-unsaturated/α-hetero) is 2. The molecule has 0 amide bonds. The first-order chi connectivity index (χ1) is 26.8. The molecule has 0 N–H and O–H groups in total. The number of carbonyl (C=O) groups excluding carboxylic acids is 2. The zero-order valence-electron chi connectivity index (χ0n) is 34.8. The number of alkyl halides is 3. The van der Waals surface area contributed by atoms with Gasteiger partial charge in [0.25, 0.3) is 0 Å². The largest absolute Gasteiger partial charge is 0.391 e. The van der Waals surface area contributed by atoms with Gasteiger partial charge in [-0.05, 0) is 126 Å². The van der Waals surface area contributed by atoms with E-state index in [-0.39, 0.29) is 62.8 Å². The van der Waals surface area contributed by atoms with Gasteiger partial charge in [-0.25, -0.2) is 0 Å². The molecule has 0 aliphatic heterocycles. The number of ketones is 2. The number of hydrogen-bond donors (Lipinski definition) is 0. The van der Waals surface area contributed by atoms with Gasteiger partial charge in [-0.3, -0.25) is 9.59 Å². The van der Waals surface area contributed by atoms with Crippen LogP contribution < -0.4 is 0 Å². The molecule has 2 nitrogen and oxygen atoms in total. The van der Waals surface area contributed by atoms with Gasteiger partial charge in [0.2, 0.25) is 0 Å². The first-order valence-corrected chi connectivity index (χ1v) is 27.4. The molecular formula is C47H73F3O2S4. The molecule has 318 valence electrons. The third-order valence-electron chi connectivity index (χ3n) is 16.7. The number of carbonyl (C=O) groups is 2. The lowest BCUT2D eigenvalue weighted by molar-refractivity contribution is -0.181. The monoisotopic (exact) mass is 854 g/mol. The van der Waals surface area contributed by atoms with Crippen LogP contribution in [-0.2, 0) is 9.59 Å². The average molecular weight is 855 g/mol. The van der Waals surface area contributed by atoms with Crippen molar-refractivity contribution in [3.63, 3.8) is 0 Å². The normalized spacial score (nSPS) is 44.4. The van der Waals surface area contributed by atoms with Crippen molar-refractivity contribution in [1.82, 2.24) is 0 Å². The first kappa shape index (κ1) is 43.2. The Bertz CT molecular complexity index is 1340. The summed E-state index contributed by atoms with van der Waals surface area (Å²) in [5.41, 5.74) is 0.333. The maximum Gasteiger partial charge on any atom is 0.391 e. The molecule has 0 radical (unpaired) electrons. The summed E-state index contributed by atoms with van der Waals surface area (Å²) in [5.74, 6) is 1.05. The van der Waals surface area contributed by atoms with E-state index < -0.39 is 12.1 Å². The van der Waals surface area contributed by atoms with Crippen LogP contribution in [0.4, 0.5) is 13.2 Å². The number of thioether (sulfide) groups is 4. The summed E-state index contributed by atoms with van der Waals surface area (Å²) >= 11 is 8.03. The Labute approximate surface area is 355 Å². The van der Waals surface area contributed by atoms with E-state index in [9.17, 15) is 13.2 Å². The Kier molecular flexibility index (Phi) is 14.3. The predicted molar refractivity (Wildman–Crippen MR) is 235 cm³/mol. The van der Waals surface area contributed by atoms with Crippen LogP contribution in [0.3, 0.4) is 0 Å². The minimum atomic E-state index is -4.15. The molecule has 0 aromatic rings. The van der Waals surface area contributed by atoms with E-state index in [4.69, 9.17) is 0 Å². The molecule has 56 heavy (non-hydrogen) atoms. The molecule has 8 fully saturated rings. The predicted octanol–water partition coefficient (Wildman–Crippen LogP) is 14.0. The average Bonchev–Trinajstić information content (AvgIpc) is 3.18. The van der Waals surface area contributed by atoms with Crippen LogP contribution in [0.1, 0.15) is 175 Å². The Hall–Kier alpha value is 0.530. The summed E-state index contributed by atoms with van der Waals surface area (Å²) in [6, 6.07) is 0. The van der Waals surface area contributed by atoms with Crippen molar-refractivity contribution in [2.75, 3.05) is 0 Å². The summed E-state index contributed by atoms with van der Waals surface area (Å²) < 4.78 is 42.1. The lowest BCUT2D eigenvalue weighted by Crippen LogP contribution is -2.62. The lowest BCUT2D eigenvalue weighted by atomic mass is 9.58. The topological polar surface area (TPSA) is 34.1 Å².